The molecule has 8 heteroatoms. The molecule has 0 spiro atoms. The molecule has 130 valence electrons. The summed E-state index contributed by atoms with van der Waals surface area (Å²) in [4.78, 5) is 13.9. The molecule has 0 aromatic carbocycles. The van der Waals surface area contributed by atoms with Gasteiger partial charge in [0.1, 0.15) is 0 Å². The van der Waals surface area contributed by atoms with E-state index in [1.54, 1.807) is 0 Å². The van der Waals surface area contributed by atoms with E-state index in [4.69, 9.17) is 5.73 Å². The fraction of sp³-hybridized carbons (Fsp3) is 0.667. The van der Waals surface area contributed by atoms with Gasteiger partial charge in [0.2, 0.25) is 10.0 Å². The quantitative estimate of drug-likeness (QED) is 0.776. The SMILES string of the molecule is CC(CCNS(=O)(=O)c1csc(C(N)=O)c1)N1CCCCCC1. The van der Waals surface area contributed by atoms with Crippen LogP contribution in [0.1, 0.15) is 48.7 Å². The Morgan fingerprint density at radius 1 is 1.35 bits per heavy atom. The van der Waals surface area contributed by atoms with Crippen LogP contribution in [0.25, 0.3) is 0 Å². The number of likely N-dealkylation sites (tertiary alicyclic amines) is 1. The molecule has 1 aromatic heterocycles. The van der Waals surface area contributed by atoms with Crippen molar-refractivity contribution in [3.8, 4) is 0 Å². The zero-order valence-corrected chi connectivity index (χ0v) is 15.1. The van der Waals surface area contributed by atoms with E-state index in [0.717, 1.165) is 30.8 Å². The van der Waals surface area contributed by atoms with Crippen molar-refractivity contribution >= 4 is 27.3 Å². The topological polar surface area (TPSA) is 92.5 Å². The maximum Gasteiger partial charge on any atom is 0.258 e. The predicted molar refractivity (Wildman–Crippen MR) is 92.1 cm³/mol. The number of rotatable bonds is 7. The first kappa shape index (κ1) is 18.4. The number of hydrogen-bond acceptors (Lipinski definition) is 5. The van der Waals surface area contributed by atoms with E-state index < -0.39 is 15.9 Å². The summed E-state index contributed by atoms with van der Waals surface area (Å²) in [5.41, 5.74) is 5.16. The van der Waals surface area contributed by atoms with Crippen LogP contribution in [0.4, 0.5) is 0 Å². The van der Waals surface area contributed by atoms with Gasteiger partial charge in [-0.05, 0) is 45.3 Å². The Kier molecular flexibility index (Phi) is 6.58. The molecule has 1 atom stereocenters. The van der Waals surface area contributed by atoms with Crippen LogP contribution in [0.3, 0.4) is 0 Å². The fourth-order valence-corrected chi connectivity index (χ4v) is 4.97. The number of hydrogen-bond donors (Lipinski definition) is 2. The van der Waals surface area contributed by atoms with Crippen LogP contribution in [-0.4, -0.2) is 44.9 Å². The molecule has 0 bridgehead atoms. The van der Waals surface area contributed by atoms with Crippen molar-refractivity contribution < 1.29 is 13.2 Å². The first-order valence-electron chi connectivity index (χ1n) is 8.02. The van der Waals surface area contributed by atoms with Crippen LogP contribution in [0.2, 0.25) is 0 Å². The molecule has 1 aliphatic rings. The molecule has 0 radical (unpaired) electrons. The second kappa shape index (κ2) is 8.23. The van der Waals surface area contributed by atoms with E-state index in [0.29, 0.717) is 12.6 Å². The maximum atomic E-state index is 12.2. The summed E-state index contributed by atoms with van der Waals surface area (Å²) < 4.78 is 27.0. The Hall–Kier alpha value is -0.960. The average Bonchev–Trinajstić information content (AvgIpc) is 2.85. The van der Waals surface area contributed by atoms with Crippen molar-refractivity contribution in [3.63, 3.8) is 0 Å². The second-order valence-corrected chi connectivity index (χ2v) is 8.67. The Morgan fingerprint density at radius 3 is 2.57 bits per heavy atom. The molecule has 2 heterocycles. The Balaban J connectivity index is 1.85. The van der Waals surface area contributed by atoms with Gasteiger partial charge >= 0.3 is 0 Å². The van der Waals surface area contributed by atoms with Crippen LogP contribution < -0.4 is 10.5 Å². The summed E-state index contributed by atoms with van der Waals surface area (Å²) in [5, 5.41) is 1.45. The number of thiophene rings is 1. The van der Waals surface area contributed by atoms with E-state index in [-0.39, 0.29) is 9.77 Å². The first-order valence-corrected chi connectivity index (χ1v) is 10.4. The molecule has 1 aliphatic heterocycles. The van der Waals surface area contributed by atoms with Crippen molar-refractivity contribution in [1.29, 1.82) is 0 Å². The van der Waals surface area contributed by atoms with Gasteiger partial charge in [-0.2, -0.15) is 0 Å². The van der Waals surface area contributed by atoms with Gasteiger partial charge in [0.15, 0.2) is 0 Å². The minimum atomic E-state index is -3.57. The van der Waals surface area contributed by atoms with Crippen LogP contribution >= 0.6 is 11.3 Å². The lowest BCUT2D eigenvalue weighted by molar-refractivity contribution is 0.100. The molecule has 3 N–H and O–H groups in total. The molecule has 0 saturated carbocycles. The van der Waals surface area contributed by atoms with Gasteiger partial charge in [-0.25, -0.2) is 13.1 Å². The maximum absolute atomic E-state index is 12.2. The van der Waals surface area contributed by atoms with E-state index in [9.17, 15) is 13.2 Å². The Bertz CT molecular complexity index is 620. The molecular weight excluding hydrogens is 334 g/mol. The van der Waals surface area contributed by atoms with E-state index >= 15 is 0 Å². The smallest absolute Gasteiger partial charge is 0.258 e. The van der Waals surface area contributed by atoms with Crippen molar-refractivity contribution in [1.82, 2.24) is 9.62 Å². The number of amides is 1. The normalized spacial score (nSPS) is 18.5. The van der Waals surface area contributed by atoms with E-state index in [1.165, 1.54) is 37.1 Å². The zero-order chi connectivity index (χ0) is 16.9. The largest absolute Gasteiger partial charge is 0.365 e. The molecule has 1 fully saturated rings. The van der Waals surface area contributed by atoms with Crippen molar-refractivity contribution in [2.24, 2.45) is 5.73 Å². The van der Waals surface area contributed by atoms with Crippen molar-refractivity contribution in [3.05, 3.63) is 16.3 Å². The summed E-state index contributed by atoms with van der Waals surface area (Å²) in [6.45, 7) is 4.73. The highest BCUT2D eigenvalue weighted by Crippen LogP contribution is 2.19. The van der Waals surface area contributed by atoms with Gasteiger partial charge in [-0.15, -0.1) is 11.3 Å². The summed E-state index contributed by atoms with van der Waals surface area (Å²) >= 11 is 1.05. The molecular formula is C15H25N3O3S2. The molecule has 6 nitrogen and oxygen atoms in total. The molecule has 0 aliphatic carbocycles. The second-order valence-electron chi connectivity index (χ2n) is 6.00. The first-order chi connectivity index (χ1) is 10.9. The summed E-state index contributed by atoms with van der Waals surface area (Å²) in [6.07, 6.45) is 5.79. The molecule has 2 rings (SSSR count). The summed E-state index contributed by atoms with van der Waals surface area (Å²) in [7, 11) is -3.57. The van der Waals surface area contributed by atoms with Crippen LogP contribution in [0, 0.1) is 0 Å². The zero-order valence-electron chi connectivity index (χ0n) is 13.5. The number of carbonyl (C=O) groups excluding carboxylic acids is 1. The number of primary amides is 1. The number of nitrogens with two attached hydrogens (primary N) is 1. The number of nitrogens with one attached hydrogen (secondary N) is 1. The number of nitrogens with zero attached hydrogens (tertiary/aromatic N) is 1. The number of sulfonamides is 1. The molecule has 23 heavy (non-hydrogen) atoms. The summed E-state index contributed by atoms with van der Waals surface area (Å²) in [6, 6.07) is 1.69. The fourth-order valence-electron chi connectivity index (χ4n) is 2.79. The third-order valence-electron chi connectivity index (χ3n) is 4.25. The minimum Gasteiger partial charge on any atom is -0.365 e. The van der Waals surface area contributed by atoms with Gasteiger partial charge in [0.05, 0.1) is 9.77 Å². The van der Waals surface area contributed by atoms with Crippen LogP contribution in [0.15, 0.2) is 16.3 Å². The van der Waals surface area contributed by atoms with Gasteiger partial charge in [-0.3, -0.25) is 4.79 Å². The summed E-state index contributed by atoms with van der Waals surface area (Å²) in [5.74, 6) is -0.605. The standard InChI is InChI=1S/C15H25N3O3S2/c1-12(18-8-4-2-3-5-9-18)6-7-17-23(20,21)13-10-14(15(16)19)22-11-13/h10-12,17H,2-9H2,1H3,(H2,16,19). The van der Waals surface area contributed by atoms with Crippen LogP contribution in [-0.2, 0) is 10.0 Å². The lowest BCUT2D eigenvalue weighted by atomic mass is 10.2. The van der Waals surface area contributed by atoms with Crippen molar-refractivity contribution in [2.75, 3.05) is 19.6 Å². The molecule has 1 unspecified atom stereocenters. The highest BCUT2D eigenvalue weighted by atomic mass is 32.2. The van der Waals surface area contributed by atoms with Gasteiger partial charge < -0.3 is 10.6 Å². The van der Waals surface area contributed by atoms with Gasteiger partial charge in [0, 0.05) is 18.0 Å². The lowest BCUT2D eigenvalue weighted by Gasteiger charge is -2.27. The molecule has 1 aromatic rings. The third kappa shape index (κ3) is 5.27. The number of carbonyl (C=O) groups is 1. The Morgan fingerprint density at radius 2 is 2.00 bits per heavy atom. The van der Waals surface area contributed by atoms with E-state index in [2.05, 4.69) is 16.5 Å². The monoisotopic (exact) mass is 359 g/mol. The highest BCUT2D eigenvalue weighted by molar-refractivity contribution is 7.89. The third-order valence-corrected chi connectivity index (χ3v) is 6.78. The Labute approximate surface area is 142 Å². The van der Waals surface area contributed by atoms with Crippen LogP contribution in [0.5, 0.6) is 0 Å². The van der Waals surface area contributed by atoms with E-state index in [1.807, 2.05) is 0 Å². The molecule has 1 amide bonds. The minimum absolute atomic E-state index is 0.110. The predicted octanol–water partition coefficient (Wildman–Crippen LogP) is 1.78. The highest BCUT2D eigenvalue weighted by Gasteiger charge is 2.19. The van der Waals surface area contributed by atoms with Gasteiger partial charge in [-0.1, -0.05) is 12.8 Å². The average molecular weight is 360 g/mol. The van der Waals surface area contributed by atoms with Crippen molar-refractivity contribution in [2.45, 2.75) is 50.0 Å². The molecule has 1 saturated heterocycles. The van der Waals surface area contributed by atoms with Gasteiger partial charge in [0.25, 0.3) is 5.91 Å². The lowest BCUT2D eigenvalue weighted by Crippen LogP contribution is -2.37.